The van der Waals surface area contributed by atoms with E-state index in [9.17, 15) is 13.2 Å². The molecule has 1 saturated carbocycles. The van der Waals surface area contributed by atoms with Crippen molar-refractivity contribution >= 4 is 15.7 Å². The highest BCUT2D eigenvalue weighted by Crippen LogP contribution is 2.43. The first-order chi connectivity index (χ1) is 13.3. The number of aryl methyl sites for hydroxylation is 3. The molecule has 6 heteroatoms. The molecule has 1 heterocycles. The molecule has 0 aliphatic heterocycles. The van der Waals surface area contributed by atoms with Crippen LogP contribution in [0.3, 0.4) is 0 Å². The van der Waals surface area contributed by atoms with Gasteiger partial charge in [0.25, 0.3) is 0 Å². The third-order valence-corrected chi connectivity index (χ3v) is 8.97. The van der Waals surface area contributed by atoms with E-state index in [-0.39, 0.29) is 16.8 Å². The second-order valence-electron chi connectivity index (χ2n) is 8.19. The van der Waals surface area contributed by atoms with Gasteiger partial charge in [0.2, 0.25) is 5.91 Å². The fraction of sp³-hybridized carbons (Fsp3) is 0.500. The molecule has 1 unspecified atom stereocenters. The SMILES string of the molecule is Cc1ccc(C)c(S(=O)(=O)C2(C(=O)NC3CCCc4occc43)CCCC2)c1. The fourth-order valence-electron chi connectivity index (χ4n) is 4.70. The lowest BCUT2D eigenvalue weighted by Crippen LogP contribution is -2.51. The van der Waals surface area contributed by atoms with Gasteiger partial charge in [-0.2, -0.15) is 0 Å². The van der Waals surface area contributed by atoms with Crippen molar-refractivity contribution < 1.29 is 17.6 Å². The van der Waals surface area contributed by atoms with Crippen LogP contribution in [0.2, 0.25) is 0 Å². The van der Waals surface area contributed by atoms with E-state index in [1.807, 2.05) is 25.1 Å². The van der Waals surface area contributed by atoms with Crippen LogP contribution in [0.4, 0.5) is 0 Å². The number of carbonyl (C=O) groups excluding carboxylic acids is 1. The minimum atomic E-state index is -3.80. The average Bonchev–Trinajstić information content (AvgIpc) is 3.34. The molecule has 1 fully saturated rings. The smallest absolute Gasteiger partial charge is 0.242 e. The largest absolute Gasteiger partial charge is 0.469 e. The summed E-state index contributed by atoms with van der Waals surface area (Å²) in [6.07, 6.45) is 6.48. The van der Waals surface area contributed by atoms with E-state index in [1.165, 1.54) is 0 Å². The van der Waals surface area contributed by atoms with E-state index < -0.39 is 14.6 Å². The van der Waals surface area contributed by atoms with Crippen molar-refractivity contribution in [2.75, 3.05) is 0 Å². The normalized spacial score (nSPS) is 21.3. The first kappa shape index (κ1) is 19.2. The molecule has 0 bridgehead atoms. The summed E-state index contributed by atoms with van der Waals surface area (Å²) < 4.78 is 31.6. The average molecular weight is 402 g/mol. The Labute approximate surface area is 166 Å². The minimum absolute atomic E-state index is 0.179. The molecule has 5 nitrogen and oxygen atoms in total. The van der Waals surface area contributed by atoms with Crippen molar-refractivity contribution in [2.24, 2.45) is 0 Å². The van der Waals surface area contributed by atoms with Crippen LogP contribution in [0.15, 0.2) is 39.8 Å². The molecule has 150 valence electrons. The lowest BCUT2D eigenvalue weighted by atomic mass is 9.92. The number of hydrogen-bond acceptors (Lipinski definition) is 4. The second kappa shape index (κ2) is 7.07. The number of fused-ring (bicyclic) bond motifs is 1. The maximum absolute atomic E-state index is 13.7. The number of benzene rings is 1. The maximum atomic E-state index is 13.7. The second-order valence-corrected chi connectivity index (χ2v) is 10.4. The van der Waals surface area contributed by atoms with Crippen molar-refractivity contribution in [1.82, 2.24) is 5.32 Å². The highest BCUT2D eigenvalue weighted by molar-refractivity contribution is 7.93. The van der Waals surface area contributed by atoms with Gasteiger partial charge in [-0.05, 0) is 62.8 Å². The van der Waals surface area contributed by atoms with Gasteiger partial charge in [-0.1, -0.05) is 25.0 Å². The molecule has 4 rings (SSSR count). The van der Waals surface area contributed by atoms with Crippen molar-refractivity contribution in [2.45, 2.75) is 74.5 Å². The number of furan rings is 1. The first-order valence-electron chi connectivity index (χ1n) is 10.0. The Hall–Kier alpha value is -2.08. The van der Waals surface area contributed by atoms with E-state index >= 15 is 0 Å². The van der Waals surface area contributed by atoms with Gasteiger partial charge in [0.1, 0.15) is 5.76 Å². The Morgan fingerprint density at radius 2 is 1.89 bits per heavy atom. The molecule has 1 atom stereocenters. The standard InChI is InChI=1S/C22H27NO4S/c1-15-8-9-16(2)20(14-15)28(25,26)22(11-3-4-12-22)21(24)23-18-6-5-7-19-17(18)10-13-27-19/h8-10,13-14,18H,3-7,11-12H2,1-2H3,(H,23,24). The summed E-state index contributed by atoms with van der Waals surface area (Å²) in [5, 5.41) is 3.08. The Morgan fingerprint density at radius 3 is 2.64 bits per heavy atom. The topological polar surface area (TPSA) is 76.4 Å². The fourth-order valence-corrected chi connectivity index (χ4v) is 7.08. The van der Waals surface area contributed by atoms with Crippen LogP contribution in [0, 0.1) is 13.8 Å². The molecule has 28 heavy (non-hydrogen) atoms. The lowest BCUT2D eigenvalue weighted by Gasteiger charge is -2.32. The van der Waals surface area contributed by atoms with Crippen molar-refractivity contribution in [3.8, 4) is 0 Å². The van der Waals surface area contributed by atoms with Crippen LogP contribution in [0.5, 0.6) is 0 Å². The maximum Gasteiger partial charge on any atom is 0.242 e. The van der Waals surface area contributed by atoms with Crippen LogP contribution < -0.4 is 5.32 Å². The third-order valence-electron chi connectivity index (χ3n) is 6.33. The van der Waals surface area contributed by atoms with E-state index in [2.05, 4.69) is 5.32 Å². The molecule has 2 aliphatic carbocycles. The summed E-state index contributed by atoms with van der Waals surface area (Å²) in [5.41, 5.74) is 2.56. The number of amides is 1. The number of rotatable bonds is 4. The summed E-state index contributed by atoms with van der Waals surface area (Å²) in [4.78, 5) is 13.8. The summed E-state index contributed by atoms with van der Waals surface area (Å²) in [7, 11) is -3.80. The molecule has 1 amide bonds. The van der Waals surface area contributed by atoms with Gasteiger partial charge in [0.05, 0.1) is 17.2 Å². The van der Waals surface area contributed by atoms with E-state index in [0.717, 1.165) is 49.0 Å². The Morgan fingerprint density at radius 1 is 1.14 bits per heavy atom. The van der Waals surface area contributed by atoms with Crippen LogP contribution in [0.1, 0.15) is 67.0 Å². The van der Waals surface area contributed by atoms with Crippen molar-refractivity contribution in [1.29, 1.82) is 0 Å². The highest BCUT2D eigenvalue weighted by atomic mass is 32.2. The molecule has 2 aromatic rings. The van der Waals surface area contributed by atoms with Crippen molar-refractivity contribution in [3.63, 3.8) is 0 Å². The summed E-state index contributed by atoms with van der Waals surface area (Å²) in [5.74, 6) is 0.541. The number of sulfone groups is 1. The van der Waals surface area contributed by atoms with Gasteiger partial charge in [-0.15, -0.1) is 0 Å². The molecule has 2 aliphatic rings. The lowest BCUT2D eigenvalue weighted by molar-refractivity contribution is -0.124. The van der Waals surface area contributed by atoms with Gasteiger partial charge in [-0.25, -0.2) is 8.42 Å². The van der Waals surface area contributed by atoms with Crippen LogP contribution in [-0.4, -0.2) is 19.1 Å². The summed E-state index contributed by atoms with van der Waals surface area (Å²) in [6, 6.07) is 7.13. The van der Waals surface area contributed by atoms with Gasteiger partial charge in [0.15, 0.2) is 14.6 Å². The molecule has 1 N–H and O–H groups in total. The summed E-state index contributed by atoms with van der Waals surface area (Å²) in [6.45, 7) is 3.67. The highest BCUT2D eigenvalue weighted by Gasteiger charge is 2.53. The van der Waals surface area contributed by atoms with Gasteiger partial charge in [0, 0.05) is 12.0 Å². The Bertz CT molecular complexity index is 999. The molecule has 1 aromatic carbocycles. The first-order valence-corrected chi connectivity index (χ1v) is 11.5. The monoisotopic (exact) mass is 401 g/mol. The number of carbonyl (C=O) groups is 1. The predicted octanol–water partition coefficient (Wildman–Crippen LogP) is 4.18. The van der Waals surface area contributed by atoms with E-state index in [1.54, 1.807) is 19.3 Å². The van der Waals surface area contributed by atoms with Crippen LogP contribution in [-0.2, 0) is 21.1 Å². The zero-order valence-electron chi connectivity index (χ0n) is 16.5. The Balaban J connectivity index is 1.70. The van der Waals surface area contributed by atoms with E-state index in [4.69, 9.17) is 4.42 Å². The van der Waals surface area contributed by atoms with Gasteiger partial charge < -0.3 is 9.73 Å². The quantitative estimate of drug-likeness (QED) is 0.834. The van der Waals surface area contributed by atoms with Crippen LogP contribution >= 0.6 is 0 Å². The third kappa shape index (κ3) is 2.98. The minimum Gasteiger partial charge on any atom is -0.469 e. The molecular formula is C22H27NO4S. The van der Waals surface area contributed by atoms with Crippen LogP contribution in [0.25, 0.3) is 0 Å². The number of hydrogen-bond donors (Lipinski definition) is 1. The predicted molar refractivity (Wildman–Crippen MR) is 107 cm³/mol. The summed E-state index contributed by atoms with van der Waals surface area (Å²) >= 11 is 0. The molecule has 0 radical (unpaired) electrons. The van der Waals surface area contributed by atoms with Gasteiger partial charge >= 0.3 is 0 Å². The van der Waals surface area contributed by atoms with E-state index in [0.29, 0.717) is 18.4 Å². The Kier molecular flexibility index (Phi) is 4.86. The zero-order valence-corrected chi connectivity index (χ0v) is 17.3. The van der Waals surface area contributed by atoms with Gasteiger partial charge in [-0.3, -0.25) is 4.79 Å². The molecule has 0 spiro atoms. The van der Waals surface area contributed by atoms with Crippen molar-refractivity contribution in [3.05, 3.63) is 53.0 Å². The zero-order chi connectivity index (χ0) is 19.9. The number of nitrogens with one attached hydrogen (secondary N) is 1. The molecule has 0 saturated heterocycles. The molecule has 1 aromatic heterocycles. The molecular weight excluding hydrogens is 374 g/mol.